The van der Waals surface area contributed by atoms with Gasteiger partial charge in [0.15, 0.2) is 0 Å². The Balaban J connectivity index is 2.16. The summed E-state index contributed by atoms with van der Waals surface area (Å²) >= 11 is 0. The van der Waals surface area contributed by atoms with Crippen LogP contribution in [-0.2, 0) is 0 Å². The molecule has 0 spiro atoms. The number of ether oxygens (including phenoxy) is 1. The average Bonchev–Trinajstić information content (AvgIpc) is 2.48. The van der Waals surface area contributed by atoms with Crippen molar-refractivity contribution in [2.45, 2.75) is 13.0 Å². The van der Waals surface area contributed by atoms with Crippen LogP contribution in [0.2, 0.25) is 0 Å². The molecule has 1 atom stereocenters. The van der Waals surface area contributed by atoms with Gasteiger partial charge in [-0.2, -0.15) is 0 Å². The number of nitrogens with zero attached hydrogens (tertiary/aromatic N) is 1. The number of nitrogen functional groups attached to an aromatic ring is 1. The lowest BCUT2D eigenvalue weighted by molar-refractivity contribution is 0.0940. The van der Waals surface area contributed by atoms with Gasteiger partial charge in [0.05, 0.1) is 18.7 Å². The van der Waals surface area contributed by atoms with Gasteiger partial charge in [0.25, 0.3) is 5.91 Å². The molecule has 1 aromatic carbocycles. The Morgan fingerprint density at radius 3 is 2.85 bits per heavy atom. The number of carbonyl (C=O) groups is 1. The lowest BCUT2D eigenvalue weighted by Crippen LogP contribution is -2.27. The first-order valence-corrected chi connectivity index (χ1v) is 6.26. The second-order valence-electron chi connectivity index (χ2n) is 4.43. The Kier molecular flexibility index (Phi) is 4.20. The van der Waals surface area contributed by atoms with E-state index in [4.69, 9.17) is 10.5 Å². The van der Waals surface area contributed by atoms with E-state index < -0.39 is 0 Å². The number of methoxy groups -OCH3 is 1. The molecule has 1 aromatic heterocycles. The van der Waals surface area contributed by atoms with Gasteiger partial charge < -0.3 is 15.8 Å². The molecule has 20 heavy (non-hydrogen) atoms. The third-order valence-corrected chi connectivity index (χ3v) is 3.04. The summed E-state index contributed by atoms with van der Waals surface area (Å²) in [5.41, 5.74) is 7.58. The third-order valence-electron chi connectivity index (χ3n) is 3.04. The van der Waals surface area contributed by atoms with E-state index in [0.29, 0.717) is 17.0 Å². The van der Waals surface area contributed by atoms with Crippen LogP contribution in [0.3, 0.4) is 0 Å². The first-order valence-electron chi connectivity index (χ1n) is 6.26. The molecule has 2 aromatic rings. The predicted octanol–water partition coefficient (Wildman–Crippen LogP) is 2.16. The van der Waals surface area contributed by atoms with E-state index in [2.05, 4.69) is 10.3 Å². The molecule has 0 fully saturated rings. The third kappa shape index (κ3) is 3.06. The fraction of sp³-hybridized carbons (Fsp3) is 0.200. The van der Waals surface area contributed by atoms with E-state index in [1.807, 2.05) is 19.1 Å². The van der Waals surface area contributed by atoms with Gasteiger partial charge in [-0.15, -0.1) is 0 Å². The minimum Gasteiger partial charge on any atom is -0.497 e. The van der Waals surface area contributed by atoms with E-state index in [-0.39, 0.29) is 11.9 Å². The summed E-state index contributed by atoms with van der Waals surface area (Å²) in [4.78, 5) is 16.3. The molecule has 0 radical (unpaired) electrons. The molecule has 0 unspecified atom stereocenters. The topological polar surface area (TPSA) is 77.2 Å². The van der Waals surface area contributed by atoms with Crippen molar-refractivity contribution in [2.75, 3.05) is 12.8 Å². The molecule has 1 heterocycles. The summed E-state index contributed by atoms with van der Waals surface area (Å²) in [6.07, 6.45) is 3.41. The van der Waals surface area contributed by atoms with Gasteiger partial charge in [-0.05, 0) is 36.8 Å². The Morgan fingerprint density at radius 2 is 2.20 bits per heavy atom. The highest BCUT2D eigenvalue weighted by molar-refractivity contribution is 5.99. The Morgan fingerprint density at radius 1 is 1.40 bits per heavy atom. The normalized spacial score (nSPS) is 11.7. The van der Waals surface area contributed by atoms with Crippen LogP contribution in [0.1, 0.15) is 28.9 Å². The number of pyridine rings is 1. The summed E-state index contributed by atoms with van der Waals surface area (Å²) in [6, 6.07) is 8.59. The zero-order chi connectivity index (χ0) is 14.5. The molecule has 0 saturated carbocycles. The molecule has 0 aliphatic rings. The number of anilines is 1. The zero-order valence-electron chi connectivity index (χ0n) is 11.5. The fourth-order valence-electron chi connectivity index (χ4n) is 1.85. The first kappa shape index (κ1) is 13.9. The van der Waals surface area contributed by atoms with Gasteiger partial charge in [0, 0.05) is 18.1 Å². The van der Waals surface area contributed by atoms with Crippen LogP contribution in [0.25, 0.3) is 0 Å². The Bertz CT molecular complexity index is 599. The predicted molar refractivity (Wildman–Crippen MR) is 77.5 cm³/mol. The minimum atomic E-state index is -0.238. The molecule has 1 amide bonds. The SMILES string of the molecule is COc1ccc(N)c(C(=O)N[C@H](C)c2cccnc2)c1. The number of amides is 1. The van der Waals surface area contributed by atoms with E-state index in [0.717, 1.165) is 5.56 Å². The number of hydrogen-bond donors (Lipinski definition) is 2. The van der Waals surface area contributed by atoms with Gasteiger partial charge in [0.2, 0.25) is 0 Å². The minimum absolute atomic E-state index is 0.151. The highest BCUT2D eigenvalue weighted by Gasteiger charge is 2.14. The average molecular weight is 271 g/mol. The van der Waals surface area contributed by atoms with Crippen molar-refractivity contribution in [3.63, 3.8) is 0 Å². The van der Waals surface area contributed by atoms with Crippen molar-refractivity contribution < 1.29 is 9.53 Å². The van der Waals surface area contributed by atoms with E-state index >= 15 is 0 Å². The van der Waals surface area contributed by atoms with Gasteiger partial charge in [-0.3, -0.25) is 9.78 Å². The molecule has 2 rings (SSSR count). The van der Waals surface area contributed by atoms with Crippen LogP contribution in [0.4, 0.5) is 5.69 Å². The van der Waals surface area contributed by atoms with Gasteiger partial charge in [-0.25, -0.2) is 0 Å². The van der Waals surface area contributed by atoms with Crippen molar-refractivity contribution in [3.05, 3.63) is 53.9 Å². The van der Waals surface area contributed by atoms with Crippen molar-refractivity contribution in [1.82, 2.24) is 10.3 Å². The van der Waals surface area contributed by atoms with Crippen LogP contribution in [0, 0.1) is 0 Å². The number of hydrogen-bond acceptors (Lipinski definition) is 4. The number of benzene rings is 1. The Hall–Kier alpha value is -2.56. The number of rotatable bonds is 4. The maximum absolute atomic E-state index is 12.3. The standard InChI is InChI=1S/C15H17N3O2/c1-10(11-4-3-7-17-9-11)18-15(19)13-8-12(20-2)5-6-14(13)16/h3-10H,16H2,1-2H3,(H,18,19)/t10-/m1/s1. The molecule has 0 saturated heterocycles. The second-order valence-corrected chi connectivity index (χ2v) is 4.43. The molecule has 104 valence electrons. The van der Waals surface area contributed by atoms with Crippen LogP contribution in [-0.4, -0.2) is 18.0 Å². The summed E-state index contributed by atoms with van der Waals surface area (Å²) in [5, 5.41) is 2.89. The molecule has 0 aliphatic heterocycles. The van der Waals surface area contributed by atoms with E-state index in [1.165, 1.54) is 0 Å². The fourth-order valence-corrected chi connectivity index (χ4v) is 1.85. The van der Waals surface area contributed by atoms with E-state index in [1.54, 1.807) is 37.7 Å². The summed E-state index contributed by atoms with van der Waals surface area (Å²) in [5.74, 6) is 0.358. The van der Waals surface area contributed by atoms with E-state index in [9.17, 15) is 4.79 Å². The largest absolute Gasteiger partial charge is 0.497 e. The molecular weight excluding hydrogens is 254 g/mol. The lowest BCUT2D eigenvalue weighted by atomic mass is 10.1. The molecule has 3 N–H and O–H groups in total. The van der Waals surface area contributed by atoms with Gasteiger partial charge in [-0.1, -0.05) is 6.07 Å². The number of carbonyl (C=O) groups excluding carboxylic acids is 1. The molecule has 0 aliphatic carbocycles. The molecule has 5 heteroatoms. The van der Waals surface area contributed by atoms with Crippen molar-refractivity contribution >= 4 is 11.6 Å². The smallest absolute Gasteiger partial charge is 0.253 e. The summed E-state index contributed by atoms with van der Waals surface area (Å²) < 4.78 is 5.10. The quantitative estimate of drug-likeness (QED) is 0.835. The lowest BCUT2D eigenvalue weighted by Gasteiger charge is -2.15. The maximum Gasteiger partial charge on any atom is 0.253 e. The number of aromatic nitrogens is 1. The molecule has 5 nitrogen and oxygen atoms in total. The molecular formula is C15H17N3O2. The maximum atomic E-state index is 12.3. The van der Waals surface area contributed by atoms with Gasteiger partial charge in [0.1, 0.15) is 5.75 Å². The highest BCUT2D eigenvalue weighted by atomic mass is 16.5. The van der Waals surface area contributed by atoms with Gasteiger partial charge >= 0.3 is 0 Å². The molecule has 0 bridgehead atoms. The monoisotopic (exact) mass is 271 g/mol. The number of nitrogens with one attached hydrogen (secondary N) is 1. The Labute approximate surface area is 117 Å². The van der Waals surface area contributed by atoms with Crippen molar-refractivity contribution in [2.24, 2.45) is 0 Å². The van der Waals surface area contributed by atoms with Crippen LogP contribution < -0.4 is 15.8 Å². The second kappa shape index (κ2) is 6.06. The van der Waals surface area contributed by atoms with Crippen LogP contribution in [0.5, 0.6) is 5.75 Å². The number of nitrogens with two attached hydrogens (primary N) is 1. The first-order chi connectivity index (χ1) is 9.61. The zero-order valence-corrected chi connectivity index (χ0v) is 11.5. The van der Waals surface area contributed by atoms with Crippen LogP contribution in [0.15, 0.2) is 42.7 Å². The van der Waals surface area contributed by atoms with Crippen molar-refractivity contribution in [3.8, 4) is 5.75 Å². The summed E-state index contributed by atoms with van der Waals surface area (Å²) in [6.45, 7) is 1.89. The van der Waals surface area contributed by atoms with Crippen LogP contribution >= 0.6 is 0 Å². The highest BCUT2D eigenvalue weighted by Crippen LogP contribution is 2.20. The summed E-state index contributed by atoms with van der Waals surface area (Å²) in [7, 11) is 1.55. The van der Waals surface area contributed by atoms with Crippen molar-refractivity contribution in [1.29, 1.82) is 0 Å².